The van der Waals surface area contributed by atoms with Crippen molar-refractivity contribution in [2.45, 2.75) is 69.3 Å². The zero-order valence-corrected chi connectivity index (χ0v) is 14.8. The first-order valence-corrected chi connectivity index (χ1v) is 10.1. The molecule has 1 aromatic heterocycles. The fraction of sp³-hybridized carbons (Fsp3) is 0.733. The summed E-state index contributed by atoms with van der Waals surface area (Å²) in [6.07, 6.45) is 3.97. The lowest BCUT2D eigenvalue weighted by atomic mass is 10.3. The first-order valence-electron chi connectivity index (χ1n) is 7.77. The molecule has 4 nitrogen and oxygen atoms in total. The highest BCUT2D eigenvalue weighted by molar-refractivity contribution is 7.91. The Bertz CT molecular complexity index is 548. The van der Waals surface area contributed by atoms with Crippen LogP contribution in [0.1, 0.15) is 52.0 Å². The van der Waals surface area contributed by atoms with Crippen LogP contribution in [0.4, 0.5) is 0 Å². The molecule has 1 fully saturated rings. The maximum atomic E-state index is 12.8. The van der Waals surface area contributed by atoms with Crippen molar-refractivity contribution in [2.24, 2.45) is 0 Å². The van der Waals surface area contributed by atoms with Gasteiger partial charge in [0.05, 0.1) is 0 Å². The van der Waals surface area contributed by atoms with Crippen LogP contribution in [0.15, 0.2) is 15.7 Å². The van der Waals surface area contributed by atoms with Crippen molar-refractivity contribution >= 4 is 21.4 Å². The molecule has 0 atom stereocenters. The van der Waals surface area contributed by atoms with Gasteiger partial charge in [-0.2, -0.15) is 4.31 Å². The van der Waals surface area contributed by atoms with Crippen LogP contribution in [0.2, 0.25) is 0 Å². The predicted molar refractivity (Wildman–Crippen MR) is 88.1 cm³/mol. The summed E-state index contributed by atoms with van der Waals surface area (Å²) in [5.74, 6) is 0. The molecule has 0 spiro atoms. The average Bonchev–Trinajstić information content (AvgIpc) is 3.13. The molecule has 0 amide bonds. The van der Waals surface area contributed by atoms with Crippen molar-refractivity contribution in [1.82, 2.24) is 9.62 Å². The van der Waals surface area contributed by atoms with Crippen LogP contribution >= 0.6 is 11.3 Å². The molecule has 6 heteroatoms. The van der Waals surface area contributed by atoms with Gasteiger partial charge in [0.25, 0.3) is 10.0 Å². The predicted octanol–water partition coefficient (Wildman–Crippen LogP) is 3.20. The Hall–Kier alpha value is -0.430. The minimum Gasteiger partial charge on any atom is -0.310 e. The summed E-state index contributed by atoms with van der Waals surface area (Å²) in [4.78, 5) is 0. The molecule has 1 aromatic rings. The first-order chi connectivity index (χ1) is 9.95. The number of nitrogens with zero attached hydrogens (tertiary/aromatic N) is 1. The van der Waals surface area contributed by atoms with Crippen LogP contribution in [0, 0.1) is 0 Å². The Morgan fingerprint density at radius 1 is 1.43 bits per heavy atom. The molecule has 1 aliphatic carbocycles. The smallest absolute Gasteiger partial charge is 0.252 e. The third kappa shape index (κ3) is 4.52. The lowest BCUT2D eigenvalue weighted by Gasteiger charge is -2.20. The standard InChI is InChI=1S/C15H26N2O2S2/c1-4-5-8-17(14-6-7-14)21(18,19)15-9-13(11-20-15)10-16-12(2)3/h9,11-12,14,16H,4-8,10H2,1-3H3. The third-order valence-corrected chi connectivity index (χ3v) is 7.01. The highest BCUT2D eigenvalue weighted by Gasteiger charge is 2.38. The van der Waals surface area contributed by atoms with E-state index in [1.807, 2.05) is 11.4 Å². The van der Waals surface area contributed by atoms with Gasteiger partial charge in [-0.15, -0.1) is 11.3 Å². The minimum absolute atomic E-state index is 0.237. The topological polar surface area (TPSA) is 49.4 Å². The molecule has 0 saturated heterocycles. The van der Waals surface area contributed by atoms with E-state index in [-0.39, 0.29) is 6.04 Å². The van der Waals surface area contributed by atoms with Gasteiger partial charge in [0, 0.05) is 25.2 Å². The maximum absolute atomic E-state index is 12.8. The number of rotatable bonds is 9. The van der Waals surface area contributed by atoms with Crippen LogP contribution in [-0.4, -0.2) is 31.4 Å². The van der Waals surface area contributed by atoms with Gasteiger partial charge in [0.1, 0.15) is 4.21 Å². The Balaban J connectivity index is 2.10. The summed E-state index contributed by atoms with van der Waals surface area (Å²) in [5, 5.41) is 5.27. The molecule has 2 rings (SSSR count). The zero-order valence-electron chi connectivity index (χ0n) is 13.1. The largest absolute Gasteiger partial charge is 0.310 e. The molecule has 120 valence electrons. The van der Waals surface area contributed by atoms with Gasteiger partial charge >= 0.3 is 0 Å². The molecule has 0 bridgehead atoms. The molecule has 0 unspecified atom stereocenters. The van der Waals surface area contributed by atoms with Gasteiger partial charge in [0.2, 0.25) is 0 Å². The van der Waals surface area contributed by atoms with Crippen LogP contribution in [0.25, 0.3) is 0 Å². The molecular formula is C15H26N2O2S2. The normalized spacial score (nSPS) is 16.0. The molecular weight excluding hydrogens is 304 g/mol. The van der Waals surface area contributed by atoms with Gasteiger partial charge in [-0.05, 0) is 36.3 Å². The van der Waals surface area contributed by atoms with E-state index in [2.05, 4.69) is 26.1 Å². The summed E-state index contributed by atoms with van der Waals surface area (Å²) < 4.78 is 27.8. The second-order valence-electron chi connectivity index (χ2n) is 6.01. The lowest BCUT2D eigenvalue weighted by Crippen LogP contribution is -2.33. The quantitative estimate of drug-likeness (QED) is 0.756. The zero-order chi connectivity index (χ0) is 15.5. The monoisotopic (exact) mass is 330 g/mol. The first kappa shape index (κ1) is 16.9. The summed E-state index contributed by atoms with van der Waals surface area (Å²) >= 11 is 1.35. The molecule has 21 heavy (non-hydrogen) atoms. The highest BCUT2D eigenvalue weighted by atomic mass is 32.2. The van der Waals surface area contributed by atoms with Crippen molar-refractivity contribution < 1.29 is 8.42 Å². The maximum Gasteiger partial charge on any atom is 0.252 e. The van der Waals surface area contributed by atoms with E-state index in [1.54, 1.807) is 4.31 Å². The van der Waals surface area contributed by atoms with E-state index in [1.165, 1.54) is 11.3 Å². The van der Waals surface area contributed by atoms with Gasteiger partial charge in [-0.1, -0.05) is 27.2 Å². The second kappa shape index (κ2) is 7.22. The van der Waals surface area contributed by atoms with E-state index < -0.39 is 10.0 Å². The number of hydrogen-bond donors (Lipinski definition) is 1. The summed E-state index contributed by atoms with van der Waals surface area (Å²) in [7, 11) is -3.30. The van der Waals surface area contributed by atoms with E-state index in [9.17, 15) is 8.42 Å². The molecule has 0 radical (unpaired) electrons. The van der Waals surface area contributed by atoms with Gasteiger partial charge < -0.3 is 5.32 Å². The van der Waals surface area contributed by atoms with E-state index >= 15 is 0 Å². The van der Waals surface area contributed by atoms with E-state index in [0.717, 1.165) is 37.8 Å². The second-order valence-corrected chi connectivity index (χ2v) is 9.04. The summed E-state index contributed by atoms with van der Waals surface area (Å²) in [5.41, 5.74) is 1.05. The summed E-state index contributed by atoms with van der Waals surface area (Å²) in [6, 6.07) is 2.47. The Labute approximate surface area is 132 Å². The molecule has 1 heterocycles. The molecule has 1 saturated carbocycles. The van der Waals surface area contributed by atoms with Crippen molar-refractivity contribution in [2.75, 3.05) is 6.54 Å². The number of nitrogens with one attached hydrogen (secondary N) is 1. The van der Waals surface area contributed by atoms with Crippen LogP contribution in [0.5, 0.6) is 0 Å². The Kier molecular flexibility index (Phi) is 5.82. The number of unbranched alkanes of at least 4 members (excludes halogenated alkanes) is 1. The molecule has 0 aliphatic heterocycles. The lowest BCUT2D eigenvalue weighted by molar-refractivity contribution is 0.397. The number of hydrogen-bond acceptors (Lipinski definition) is 4. The van der Waals surface area contributed by atoms with Gasteiger partial charge in [0.15, 0.2) is 0 Å². The van der Waals surface area contributed by atoms with Crippen molar-refractivity contribution in [3.05, 3.63) is 17.0 Å². The van der Waals surface area contributed by atoms with E-state index in [4.69, 9.17) is 0 Å². The van der Waals surface area contributed by atoms with Crippen molar-refractivity contribution in [3.63, 3.8) is 0 Å². The van der Waals surface area contributed by atoms with Crippen molar-refractivity contribution in [3.8, 4) is 0 Å². The van der Waals surface area contributed by atoms with Crippen LogP contribution in [-0.2, 0) is 16.6 Å². The third-order valence-electron chi connectivity index (χ3n) is 3.59. The van der Waals surface area contributed by atoms with Crippen LogP contribution < -0.4 is 5.32 Å². The SMILES string of the molecule is CCCCN(C1CC1)S(=O)(=O)c1cc(CNC(C)C)cs1. The van der Waals surface area contributed by atoms with Gasteiger partial charge in [-0.3, -0.25) is 0 Å². The fourth-order valence-electron chi connectivity index (χ4n) is 2.19. The highest BCUT2D eigenvalue weighted by Crippen LogP contribution is 2.34. The van der Waals surface area contributed by atoms with Gasteiger partial charge in [-0.25, -0.2) is 8.42 Å². The molecule has 1 aliphatic rings. The summed E-state index contributed by atoms with van der Waals surface area (Å²) in [6.45, 7) is 7.65. The number of sulfonamides is 1. The fourth-order valence-corrected chi connectivity index (χ4v) is 5.25. The Morgan fingerprint density at radius 3 is 2.71 bits per heavy atom. The molecule has 1 N–H and O–H groups in total. The van der Waals surface area contributed by atoms with Crippen molar-refractivity contribution in [1.29, 1.82) is 0 Å². The Morgan fingerprint density at radius 2 is 2.14 bits per heavy atom. The average molecular weight is 331 g/mol. The van der Waals surface area contributed by atoms with E-state index in [0.29, 0.717) is 16.8 Å². The van der Waals surface area contributed by atoms with Crippen LogP contribution in [0.3, 0.4) is 0 Å². The minimum atomic E-state index is -3.30. The number of thiophene rings is 1. The molecule has 0 aromatic carbocycles.